The summed E-state index contributed by atoms with van der Waals surface area (Å²) in [6.07, 6.45) is 0. The lowest BCUT2D eigenvalue weighted by Crippen LogP contribution is -2.43. The number of hydrogen-bond donors (Lipinski definition) is 0. The van der Waals surface area contributed by atoms with E-state index in [1.807, 2.05) is 0 Å². The second-order valence-corrected chi connectivity index (χ2v) is 11.7. The lowest BCUT2D eigenvalue weighted by Gasteiger charge is -2.32. The first kappa shape index (κ1) is 21.4. The van der Waals surface area contributed by atoms with Crippen molar-refractivity contribution in [3.05, 3.63) is 12.3 Å². The third-order valence-corrected chi connectivity index (χ3v) is 7.74. The van der Waals surface area contributed by atoms with E-state index in [2.05, 4.69) is 44.1 Å². The van der Waals surface area contributed by atoms with Crippen LogP contribution in [0.4, 0.5) is 0 Å². The molecule has 0 saturated carbocycles. The lowest BCUT2D eigenvalue weighted by atomic mass is 10.1. The number of allylic oxidation sites excluding steroid dienone is 1. The number of rotatable bonds is 3. The van der Waals surface area contributed by atoms with Crippen molar-refractivity contribution >= 4 is 19.7 Å². The van der Waals surface area contributed by atoms with Gasteiger partial charge in [-0.05, 0) is 19.8 Å². The molecule has 2 rings (SSSR count). The van der Waals surface area contributed by atoms with Crippen LogP contribution in [0.1, 0.15) is 27.7 Å². The second kappa shape index (κ2) is 8.67. The Morgan fingerprint density at radius 3 is 1.50 bits per heavy atom. The summed E-state index contributed by atoms with van der Waals surface area (Å²) in [5, 5.41) is 0. The van der Waals surface area contributed by atoms with Crippen LogP contribution in [0, 0.1) is 5.92 Å². The summed E-state index contributed by atoms with van der Waals surface area (Å²) >= 11 is 0. The Kier molecular flexibility index (Phi) is 7.75. The average molecular weight is 381 g/mol. The van der Waals surface area contributed by atoms with E-state index in [-0.39, 0.29) is 11.5 Å². The quantitative estimate of drug-likeness (QED) is 0.727. The molecule has 0 atom stereocenters. The molecule has 0 aromatic heterocycles. The summed E-state index contributed by atoms with van der Waals surface area (Å²) in [7, 11) is -5.45. The first-order chi connectivity index (χ1) is 10.9. The molecule has 0 radical (unpaired) electrons. The van der Waals surface area contributed by atoms with Gasteiger partial charge in [-0.15, -0.1) is 0 Å². The fourth-order valence-electron chi connectivity index (χ4n) is 2.61. The van der Waals surface area contributed by atoms with Crippen LogP contribution in [-0.2, 0) is 19.7 Å². The van der Waals surface area contributed by atoms with Crippen LogP contribution in [0.3, 0.4) is 0 Å². The monoisotopic (exact) mass is 380 g/mol. The Morgan fingerprint density at radius 2 is 1.17 bits per heavy atom. The zero-order valence-electron chi connectivity index (χ0n) is 15.4. The molecule has 0 spiro atoms. The molecule has 0 aromatic carbocycles. The Balaban J connectivity index is 0.000000243. The van der Waals surface area contributed by atoms with E-state index < -0.39 is 19.7 Å². The molecule has 6 nitrogen and oxygen atoms in total. The average Bonchev–Trinajstić information content (AvgIpc) is 2.46. The minimum absolute atomic E-state index is 0.277. The molecule has 142 valence electrons. The van der Waals surface area contributed by atoms with E-state index in [1.54, 1.807) is 0 Å². The van der Waals surface area contributed by atoms with Crippen LogP contribution in [0.15, 0.2) is 12.3 Å². The van der Waals surface area contributed by atoms with Gasteiger partial charge in [0.15, 0.2) is 19.7 Å². The predicted molar refractivity (Wildman–Crippen MR) is 99.6 cm³/mol. The van der Waals surface area contributed by atoms with Gasteiger partial charge in [0.05, 0.1) is 23.0 Å². The van der Waals surface area contributed by atoms with E-state index in [0.29, 0.717) is 49.6 Å². The van der Waals surface area contributed by atoms with Gasteiger partial charge in [0.2, 0.25) is 0 Å². The summed E-state index contributed by atoms with van der Waals surface area (Å²) in [6, 6.07) is 0.477. The van der Waals surface area contributed by atoms with Crippen molar-refractivity contribution in [1.82, 2.24) is 9.80 Å². The molecular weight excluding hydrogens is 348 g/mol. The van der Waals surface area contributed by atoms with Crippen molar-refractivity contribution in [2.75, 3.05) is 49.2 Å². The maximum absolute atomic E-state index is 11.1. The largest absolute Gasteiger partial charge is 0.373 e. The molecule has 0 amide bonds. The van der Waals surface area contributed by atoms with Crippen molar-refractivity contribution in [3.8, 4) is 0 Å². The molecule has 2 saturated heterocycles. The van der Waals surface area contributed by atoms with E-state index in [9.17, 15) is 16.8 Å². The smallest absolute Gasteiger partial charge is 0.153 e. The molecule has 0 bridgehead atoms. The summed E-state index contributed by atoms with van der Waals surface area (Å²) in [6.45, 7) is 14.9. The highest BCUT2D eigenvalue weighted by Gasteiger charge is 2.23. The van der Waals surface area contributed by atoms with Gasteiger partial charge in [-0.25, -0.2) is 16.8 Å². The van der Waals surface area contributed by atoms with Crippen molar-refractivity contribution in [2.45, 2.75) is 33.7 Å². The molecule has 0 N–H and O–H groups in total. The Bertz CT molecular complexity index is 596. The van der Waals surface area contributed by atoms with E-state index in [1.165, 1.54) is 0 Å². The maximum atomic E-state index is 11.1. The first-order valence-corrected chi connectivity index (χ1v) is 12.2. The highest BCUT2D eigenvalue weighted by Crippen LogP contribution is 2.16. The van der Waals surface area contributed by atoms with E-state index in [0.717, 1.165) is 5.70 Å². The number of sulfone groups is 2. The highest BCUT2D eigenvalue weighted by atomic mass is 32.2. The van der Waals surface area contributed by atoms with Gasteiger partial charge in [-0.3, -0.25) is 4.90 Å². The summed E-state index contributed by atoms with van der Waals surface area (Å²) < 4.78 is 44.2. The van der Waals surface area contributed by atoms with Crippen molar-refractivity contribution in [1.29, 1.82) is 0 Å². The summed E-state index contributed by atoms with van der Waals surface area (Å²) in [4.78, 5) is 4.27. The fourth-order valence-corrected chi connectivity index (χ4v) is 5.04. The van der Waals surface area contributed by atoms with Gasteiger partial charge < -0.3 is 4.90 Å². The van der Waals surface area contributed by atoms with Crippen LogP contribution < -0.4 is 0 Å². The van der Waals surface area contributed by atoms with Crippen molar-refractivity contribution in [3.63, 3.8) is 0 Å². The van der Waals surface area contributed by atoms with Crippen LogP contribution in [0.25, 0.3) is 0 Å². The third-order valence-electron chi connectivity index (χ3n) is 4.53. The minimum atomic E-state index is -2.76. The molecule has 24 heavy (non-hydrogen) atoms. The Hall–Kier alpha value is -0.600. The van der Waals surface area contributed by atoms with E-state index in [4.69, 9.17) is 0 Å². The van der Waals surface area contributed by atoms with Gasteiger partial charge >= 0.3 is 0 Å². The Morgan fingerprint density at radius 1 is 0.792 bits per heavy atom. The van der Waals surface area contributed by atoms with Gasteiger partial charge in [0.1, 0.15) is 0 Å². The van der Waals surface area contributed by atoms with Crippen LogP contribution >= 0.6 is 0 Å². The van der Waals surface area contributed by atoms with E-state index >= 15 is 0 Å². The molecule has 8 heteroatoms. The van der Waals surface area contributed by atoms with Gasteiger partial charge in [-0.2, -0.15) is 0 Å². The molecular formula is C16H32N2O4S2. The third kappa shape index (κ3) is 7.11. The topological polar surface area (TPSA) is 74.8 Å². The summed E-state index contributed by atoms with van der Waals surface area (Å²) in [5.74, 6) is 1.63. The standard InChI is InChI=1S/C9H17NO2S.C7H15NO2S/c1-8(2)9(3)10-4-6-13(11,12)7-5-10;1-7(2)8-3-5-11(9,10)6-4-8/h8H,3-7H2,1-2H3;7H,3-6H2,1-2H3. The maximum Gasteiger partial charge on any atom is 0.153 e. The normalized spacial score (nSPS) is 23.7. The van der Waals surface area contributed by atoms with Gasteiger partial charge in [0, 0.05) is 37.9 Å². The molecule has 2 heterocycles. The second-order valence-electron chi connectivity index (χ2n) is 7.07. The van der Waals surface area contributed by atoms with Gasteiger partial charge in [-0.1, -0.05) is 20.4 Å². The Labute approximate surface area is 147 Å². The summed E-state index contributed by atoms with van der Waals surface area (Å²) in [5.41, 5.74) is 1.05. The lowest BCUT2D eigenvalue weighted by molar-refractivity contribution is 0.240. The zero-order chi connectivity index (χ0) is 18.5. The molecule has 2 fully saturated rings. The van der Waals surface area contributed by atoms with Gasteiger partial charge in [0.25, 0.3) is 0 Å². The van der Waals surface area contributed by atoms with Crippen molar-refractivity contribution in [2.24, 2.45) is 5.92 Å². The first-order valence-electron chi connectivity index (χ1n) is 8.52. The molecule has 2 aliphatic rings. The van der Waals surface area contributed by atoms with Crippen LogP contribution in [-0.4, -0.2) is 81.9 Å². The van der Waals surface area contributed by atoms with Crippen LogP contribution in [0.2, 0.25) is 0 Å². The minimum Gasteiger partial charge on any atom is -0.373 e. The number of nitrogens with zero attached hydrogens (tertiary/aromatic N) is 2. The highest BCUT2D eigenvalue weighted by molar-refractivity contribution is 7.91. The van der Waals surface area contributed by atoms with Crippen molar-refractivity contribution < 1.29 is 16.8 Å². The van der Waals surface area contributed by atoms with Crippen LogP contribution in [0.5, 0.6) is 0 Å². The molecule has 0 aliphatic carbocycles. The number of hydrogen-bond acceptors (Lipinski definition) is 6. The predicted octanol–water partition coefficient (Wildman–Crippen LogP) is 1.01. The zero-order valence-corrected chi connectivity index (χ0v) is 17.0. The molecule has 0 unspecified atom stereocenters. The molecule has 0 aromatic rings. The molecule has 2 aliphatic heterocycles. The SMILES string of the molecule is C=C(C(C)C)N1CCS(=O)(=O)CC1.CC(C)N1CCS(=O)(=O)CC1. The fraction of sp³-hybridized carbons (Fsp3) is 0.875.